The third-order valence-corrected chi connectivity index (χ3v) is 3.75. The van der Waals surface area contributed by atoms with E-state index < -0.39 is 0 Å². The number of aromatic amines is 1. The summed E-state index contributed by atoms with van der Waals surface area (Å²) in [6.45, 7) is 0. The molecule has 1 aromatic carbocycles. The Kier molecular flexibility index (Phi) is 3.77. The van der Waals surface area contributed by atoms with Crippen LogP contribution in [0, 0.1) is 0 Å². The van der Waals surface area contributed by atoms with E-state index in [1.54, 1.807) is 24.3 Å². The Hall–Kier alpha value is -3.42. The Balaban J connectivity index is 1.53. The number of nitrogens with zero attached hydrogens (tertiary/aromatic N) is 2. The summed E-state index contributed by atoms with van der Waals surface area (Å²) >= 11 is 0. The third-order valence-electron chi connectivity index (χ3n) is 3.75. The quantitative estimate of drug-likeness (QED) is 0.676. The van der Waals surface area contributed by atoms with Crippen molar-refractivity contribution in [2.75, 3.05) is 5.32 Å². The van der Waals surface area contributed by atoms with Crippen LogP contribution in [0.2, 0.25) is 0 Å². The molecular formula is C17H15N5O3. The summed E-state index contributed by atoms with van der Waals surface area (Å²) in [5, 5.41) is 9.57. The number of pyridine rings is 1. The Morgan fingerprint density at radius 2 is 2.08 bits per heavy atom. The third kappa shape index (κ3) is 3.57. The van der Waals surface area contributed by atoms with E-state index in [1.807, 2.05) is 6.07 Å². The van der Waals surface area contributed by atoms with Gasteiger partial charge in [-0.2, -0.15) is 4.98 Å². The van der Waals surface area contributed by atoms with Gasteiger partial charge in [-0.1, -0.05) is 11.2 Å². The maximum Gasteiger partial charge on any atom is 0.319 e. The number of urea groups is 1. The van der Waals surface area contributed by atoms with Crippen LogP contribution in [-0.2, 0) is 0 Å². The Labute approximate surface area is 142 Å². The number of amides is 2. The van der Waals surface area contributed by atoms with Gasteiger partial charge in [0.2, 0.25) is 11.4 Å². The van der Waals surface area contributed by atoms with Crippen molar-refractivity contribution >= 4 is 11.7 Å². The molecule has 1 aliphatic carbocycles. The molecule has 0 bridgehead atoms. The summed E-state index contributed by atoms with van der Waals surface area (Å²) in [7, 11) is 0. The topological polar surface area (TPSA) is 113 Å². The van der Waals surface area contributed by atoms with E-state index in [4.69, 9.17) is 4.52 Å². The normalized spacial score (nSPS) is 13.4. The zero-order valence-corrected chi connectivity index (χ0v) is 13.2. The molecule has 3 aromatic rings. The number of rotatable bonds is 4. The molecule has 0 aliphatic heterocycles. The van der Waals surface area contributed by atoms with Gasteiger partial charge in [0.15, 0.2) is 0 Å². The maximum atomic E-state index is 11.8. The largest absolute Gasteiger partial charge is 0.335 e. The minimum atomic E-state index is -0.223. The fourth-order valence-corrected chi connectivity index (χ4v) is 2.32. The summed E-state index contributed by atoms with van der Waals surface area (Å²) in [4.78, 5) is 29.8. The molecule has 0 spiro atoms. The standard InChI is InChI=1S/C17H15N5O3/c23-14-7-4-11(9-18-14)15-21-16(25-22-15)10-2-1-3-13(8-10)20-17(24)19-12-5-6-12/h1-4,7-9,12H,5-6H2,(H,18,23)(H2,19,20,24). The molecular weight excluding hydrogens is 322 g/mol. The van der Waals surface area contributed by atoms with Gasteiger partial charge >= 0.3 is 6.03 Å². The molecule has 4 rings (SSSR count). The van der Waals surface area contributed by atoms with Crippen molar-refractivity contribution < 1.29 is 9.32 Å². The predicted molar refractivity (Wildman–Crippen MR) is 91.0 cm³/mol. The van der Waals surface area contributed by atoms with Gasteiger partial charge in [0.05, 0.1) is 0 Å². The number of aromatic nitrogens is 3. The van der Waals surface area contributed by atoms with Crippen LogP contribution in [0.25, 0.3) is 22.8 Å². The van der Waals surface area contributed by atoms with E-state index in [9.17, 15) is 9.59 Å². The minimum absolute atomic E-state index is 0.198. The zero-order chi connectivity index (χ0) is 17.2. The van der Waals surface area contributed by atoms with Gasteiger partial charge in [0.25, 0.3) is 5.89 Å². The molecule has 2 aromatic heterocycles. The van der Waals surface area contributed by atoms with Crippen LogP contribution in [0.1, 0.15) is 12.8 Å². The highest BCUT2D eigenvalue weighted by atomic mass is 16.5. The van der Waals surface area contributed by atoms with E-state index in [0.29, 0.717) is 34.6 Å². The molecule has 0 unspecified atom stereocenters. The second-order valence-electron chi connectivity index (χ2n) is 5.82. The van der Waals surface area contributed by atoms with Crippen LogP contribution in [0.3, 0.4) is 0 Å². The van der Waals surface area contributed by atoms with Crippen molar-refractivity contribution in [2.45, 2.75) is 18.9 Å². The number of benzene rings is 1. The summed E-state index contributed by atoms with van der Waals surface area (Å²) in [6.07, 6.45) is 3.59. The maximum absolute atomic E-state index is 11.8. The molecule has 1 aliphatic rings. The molecule has 8 heteroatoms. The second kappa shape index (κ2) is 6.23. The molecule has 1 saturated carbocycles. The minimum Gasteiger partial charge on any atom is -0.335 e. The second-order valence-corrected chi connectivity index (χ2v) is 5.82. The average molecular weight is 337 g/mol. The SMILES string of the molecule is O=C(Nc1cccc(-c2nc(-c3ccc(=O)[nH]c3)no2)c1)NC1CC1. The highest BCUT2D eigenvalue weighted by Gasteiger charge is 2.23. The number of nitrogens with one attached hydrogen (secondary N) is 3. The van der Waals surface area contributed by atoms with Gasteiger partial charge in [-0.05, 0) is 37.1 Å². The summed E-state index contributed by atoms with van der Waals surface area (Å²) < 4.78 is 5.29. The molecule has 25 heavy (non-hydrogen) atoms. The van der Waals surface area contributed by atoms with Gasteiger partial charge in [0.1, 0.15) is 0 Å². The first-order valence-electron chi connectivity index (χ1n) is 7.88. The molecule has 2 amide bonds. The molecule has 8 nitrogen and oxygen atoms in total. The molecule has 0 saturated heterocycles. The Bertz CT molecular complexity index is 954. The van der Waals surface area contributed by atoms with E-state index in [0.717, 1.165) is 12.8 Å². The van der Waals surface area contributed by atoms with Crippen LogP contribution < -0.4 is 16.2 Å². The van der Waals surface area contributed by atoms with Crippen molar-refractivity contribution in [1.82, 2.24) is 20.4 Å². The van der Waals surface area contributed by atoms with Crippen molar-refractivity contribution in [2.24, 2.45) is 0 Å². The molecule has 2 heterocycles. The van der Waals surface area contributed by atoms with E-state index in [2.05, 4.69) is 25.8 Å². The lowest BCUT2D eigenvalue weighted by Gasteiger charge is -2.06. The first-order valence-corrected chi connectivity index (χ1v) is 7.88. The lowest BCUT2D eigenvalue weighted by atomic mass is 10.2. The monoisotopic (exact) mass is 337 g/mol. The lowest BCUT2D eigenvalue weighted by molar-refractivity contribution is 0.251. The number of anilines is 1. The first-order chi connectivity index (χ1) is 12.2. The van der Waals surface area contributed by atoms with Gasteiger partial charge in [-0.3, -0.25) is 4.79 Å². The lowest BCUT2D eigenvalue weighted by Crippen LogP contribution is -2.30. The van der Waals surface area contributed by atoms with Crippen LogP contribution in [0.4, 0.5) is 10.5 Å². The number of H-pyrrole nitrogens is 1. The van der Waals surface area contributed by atoms with Gasteiger partial charge in [0, 0.05) is 35.1 Å². The van der Waals surface area contributed by atoms with Crippen molar-refractivity contribution in [3.05, 3.63) is 52.9 Å². The number of hydrogen-bond acceptors (Lipinski definition) is 5. The highest BCUT2D eigenvalue weighted by Crippen LogP contribution is 2.24. The van der Waals surface area contributed by atoms with Crippen molar-refractivity contribution in [3.8, 4) is 22.8 Å². The van der Waals surface area contributed by atoms with Crippen molar-refractivity contribution in [1.29, 1.82) is 0 Å². The van der Waals surface area contributed by atoms with Gasteiger partial charge in [-0.25, -0.2) is 4.79 Å². The van der Waals surface area contributed by atoms with Gasteiger partial charge in [-0.15, -0.1) is 0 Å². The van der Waals surface area contributed by atoms with Gasteiger partial charge < -0.3 is 20.1 Å². The Morgan fingerprint density at radius 1 is 1.20 bits per heavy atom. The fraction of sp³-hybridized carbons (Fsp3) is 0.176. The van der Waals surface area contributed by atoms with Crippen molar-refractivity contribution in [3.63, 3.8) is 0 Å². The van der Waals surface area contributed by atoms with E-state index >= 15 is 0 Å². The molecule has 3 N–H and O–H groups in total. The molecule has 0 radical (unpaired) electrons. The molecule has 0 atom stereocenters. The van der Waals surface area contributed by atoms with E-state index in [1.165, 1.54) is 12.3 Å². The number of carbonyl (C=O) groups excluding carboxylic acids is 1. The van der Waals surface area contributed by atoms with E-state index in [-0.39, 0.29) is 11.6 Å². The van der Waals surface area contributed by atoms with Crippen LogP contribution in [0.15, 0.2) is 51.9 Å². The Morgan fingerprint density at radius 3 is 2.84 bits per heavy atom. The van der Waals surface area contributed by atoms with Crippen LogP contribution >= 0.6 is 0 Å². The zero-order valence-electron chi connectivity index (χ0n) is 13.2. The van der Waals surface area contributed by atoms with Crippen LogP contribution in [-0.4, -0.2) is 27.2 Å². The molecule has 126 valence electrons. The summed E-state index contributed by atoms with van der Waals surface area (Å²) in [5.41, 5.74) is 1.77. The number of carbonyl (C=O) groups is 1. The highest BCUT2D eigenvalue weighted by molar-refractivity contribution is 5.90. The van der Waals surface area contributed by atoms with Crippen LogP contribution in [0.5, 0.6) is 0 Å². The smallest absolute Gasteiger partial charge is 0.319 e. The predicted octanol–water partition coefficient (Wildman–Crippen LogP) is 2.38. The summed E-state index contributed by atoms with van der Waals surface area (Å²) in [6, 6.07) is 10.2. The fourth-order valence-electron chi connectivity index (χ4n) is 2.32. The first kappa shape index (κ1) is 15.1. The summed E-state index contributed by atoms with van der Waals surface area (Å²) in [5.74, 6) is 0.698. The number of hydrogen-bond donors (Lipinski definition) is 3. The average Bonchev–Trinajstić information content (AvgIpc) is 3.27. The molecule has 1 fully saturated rings.